The Balaban J connectivity index is 1.64. The highest BCUT2D eigenvalue weighted by Crippen LogP contribution is 2.24. The first-order chi connectivity index (χ1) is 14.6. The number of benzene rings is 3. The molecule has 5 heteroatoms. The van der Waals surface area contributed by atoms with Crippen molar-refractivity contribution in [2.75, 3.05) is 5.32 Å². The van der Waals surface area contributed by atoms with Crippen molar-refractivity contribution in [2.45, 2.75) is 39.0 Å². The van der Waals surface area contributed by atoms with Crippen molar-refractivity contribution >= 4 is 40.6 Å². The maximum absolute atomic E-state index is 12.9. The number of carbonyl (C=O) groups is 2. The van der Waals surface area contributed by atoms with Gasteiger partial charge in [0.15, 0.2) is 5.78 Å². The van der Waals surface area contributed by atoms with Crippen molar-refractivity contribution in [2.24, 2.45) is 0 Å². The summed E-state index contributed by atoms with van der Waals surface area (Å²) >= 11 is 11.9. The van der Waals surface area contributed by atoms with Gasteiger partial charge in [-0.3, -0.25) is 9.59 Å². The number of anilines is 1. The molecule has 3 rings (SSSR count). The zero-order valence-electron chi connectivity index (χ0n) is 17.8. The predicted molar refractivity (Wildman–Crippen MR) is 128 cm³/mol. The minimum atomic E-state index is -0.134. The summed E-state index contributed by atoms with van der Waals surface area (Å²) in [5, 5.41) is 3.83. The van der Waals surface area contributed by atoms with E-state index < -0.39 is 0 Å². The minimum absolute atomic E-state index is 0.0309. The quantitative estimate of drug-likeness (QED) is 0.404. The lowest BCUT2D eigenvalue weighted by molar-refractivity contribution is -0.116. The number of hydrogen-bond acceptors (Lipinski definition) is 2. The summed E-state index contributed by atoms with van der Waals surface area (Å²) in [5.41, 5.74) is 3.89. The first-order valence-electron chi connectivity index (χ1n) is 10.1. The largest absolute Gasteiger partial charge is 0.326 e. The Morgan fingerprint density at radius 1 is 0.839 bits per heavy atom. The molecule has 0 atom stereocenters. The van der Waals surface area contributed by atoms with Crippen LogP contribution in [0.15, 0.2) is 66.7 Å². The summed E-state index contributed by atoms with van der Waals surface area (Å²) in [5.74, 6) is -0.211. The van der Waals surface area contributed by atoms with E-state index in [1.165, 1.54) is 5.56 Å². The standard InChI is InChI=1S/C26H25Cl2NO2/c1-26(2,3)20-11-9-18(10-12-20)25(31)19-5-4-6-21(16-19)29-24(30)14-8-17-7-13-22(27)23(28)15-17/h4-7,9-13,15-16H,8,14H2,1-3H3,(H,29,30). The summed E-state index contributed by atoms with van der Waals surface area (Å²) in [6.45, 7) is 6.41. The molecule has 0 bridgehead atoms. The van der Waals surface area contributed by atoms with E-state index in [1.807, 2.05) is 30.3 Å². The average molecular weight is 454 g/mol. The second kappa shape index (κ2) is 9.67. The SMILES string of the molecule is CC(C)(C)c1ccc(C(=O)c2cccc(NC(=O)CCc3ccc(Cl)c(Cl)c3)c2)cc1. The van der Waals surface area contributed by atoms with Crippen LogP contribution in [0.4, 0.5) is 5.69 Å². The highest BCUT2D eigenvalue weighted by molar-refractivity contribution is 6.42. The highest BCUT2D eigenvalue weighted by atomic mass is 35.5. The number of ketones is 1. The van der Waals surface area contributed by atoms with Crippen LogP contribution in [0.3, 0.4) is 0 Å². The summed E-state index contributed by atoms with van der Waals surface area (Å²) in [7, 11) is 0. The maximum Gasteiger partial charge on any atom is 0.224 e. The van der Waals surface area contributed by atoms with E-state index in [-0.39, 0.29) is 17.1 Å². The molecular weight excluding hydrogens is 429 g/mol. The van der Waals surface area contributed by atoms with Crippen molar-refractivity contribution < 1.29 is 9.59 Å². The number of rotatable bonds is 6. The molecule has 3 aromatic rings. The van der Waals surface area contributed by atoms with Crippen LogP contribution in [-0.4, -0.2) is 11.7 Å². The molecule has 3 nitrogen and oxygen atoms in total. The Hall–Kier alpha value is -2.62. The van der Waals surface area contributed by atoms with E-state index >= 15 is 0 Å². The van der Waals surface area contributed by atoms with Crippen molar-refractivity contribution in [1.82, 2.24) is 0 Å². The molecule has 31 heavy (non-hydrogen) atoms. The van der Waals surface area contributed by atoms with Crippen molar-refractivity contribution in [3.63, 3.8) is 0 Å². The van der Waals surface area contributed by atoms with Crippen LogP contribution in [0.25, 0.3) is 0 Å². The molecule has 0 aliphatic heterocycles. The zero-order chi connectivity index (χ0) is 22.6. The first-order valence-corrected chi connectivity index (χ1v) is 10.9. The number of halogens is 2. The Bertz CT molecular complexity index is 1100. The fourth-order valence-electron chi connectivity index (χ4n) is 3.20. The molecule has 0 aliphatic carbocycles. The molecule has 0 spiro atoms. The second-order valence-corrected chi connectivity index (χ2v) is 9.35. The lowest BCUT2D eigenvalue weighted by atomic mass is 9.86. The molecule has 0 saturated heterocycles. The monoisotopic (exact) mass is 453 g/mol. The number of nitrogens with one attached hydrogen (secondary N) is 1. The summed E-state index contributed by atoms with van der Waals surface area (Å²) < 4.78 is 0. The maximum atomic E-state index is 12.9. The van der Waals surface area contributed by atoms with Gasteiger partial charge in [0, 0.05) is 23.2 Å². The Morgan fingerprint density at radius 2 is 1.55 bits per heavy atom. The van der Waals surface area contributed by atoms with Crippen LogP contribution < -0.4 is 5.32 Å². The number of hydrogen-bond donors (Lipinski definition) is 1. The second-order valence-electron chi connectivity index (χ2n) is 8.53. The van der Waals surface area contributed by atoms with E-state index in [0.29, 0.717) is 39.7 Å². The van der Waals surface area contributed by atoms with Gasteiger partial charge < -0.3 is 5.32 Å². The van der Waals surface area contributed by atoms with Gasteiger partial charge in [-0.1, -0.05) is 86.4 Å². The van der Waals surface area contributed by atoms with Gasteiger partial charge in [-0.05, 0) is 47.2 Å². The highest BCUT2D eigenvalue weighted by Gasteiger charge is 2.15. The molecule has 0 aromatic heterocycles. The summed E-state index contributed by atoms with van der Waals surface area (Å²) in [6.07, 6.45) is 0.839. The number of amides is 1. The van der Waals surface area contributed by atoms with E-state index in [1.54, 1.807) is 36.4 Å². The summed E-state index contributed by atoms with van der Waals surface area (Å²) in [6, 6.07) is 20.0. The van der Waals surface area contributed by atoms with E-state index in [2.05, 4.69) is 26.1 Å². The topological polar surface area (TPSA) is 46.2 Å². The molecule has 160 valence electrons. The molecule has 0 fully saturated rings. The molecule has 1 N–H and O–H groups in total. The smallest absolute Gasteiger partial charge is 0.224 e. The molecule has 1 amide bonds. The Labute approximate surface area is 193 Å². The van der Waals surface area contributed by atoms with Gasteiger partial charge in [0.1, 0.15) is 0 Å². The third-order valence-corrected chi connectivity index (χ3v) is 5.79. The molecule has 0 radical (unpaired) electrons. The van der Waals surface area contributed by atoms with Crippen LogP contribution in [-0.2, 0) is 16.6 Å². The van der Waals surface area contributed by atoms with Crippen molar-refractivity contribution in [1.29, 1.82) is 0 Å². The molecule has 0 heterocycles. The first kappa shape index (κ1) is 23.1. The Kier molecular flexibility index (Phi) is 7.19. The molecule has 0 aliphatic rings. The number of carbonyl (C=O) groups excluding carboxylic acids is 2. The van der Waals surface area contributed by atoms with Gasteiger partial charge >= 0.3 is 0 Å². The van der Waals surface area contributed by atoms with Gasteiger partial charge in [0.2, 0.25) is 5.91 Å². The zero-order valence-corrected chi connectivity index (χ0v) is 19.3. The third kappa shape index (κ3) is 6.19. The van der Waals surface area contributed by atoms with Gasteiger partial charge in [0.25, 0.3) is 0 Å². The van der Waals surface area contributed by atoms with Crippen LogP contribution in [0.5, 0.6) is 0 Å². The normalized spacial score (nSPS) is 11.3. The lowest BCUT2D eigenvalue weighted by Crippen LogP contribution is -2.13. The molecule has 0 unspecified atom stereocenters. The van der Waals surface area contributed by atoms with Crippen LogP contribution in [0.2, 0.25) is 10.0 Å². The van der Waals surface area contributed by atoms with Gasteiger partial charge in [-0.2, -0.15) is 0 Å². The predicted octanol–water partition coefficient (Wildman–Crippen LogP) is 7.09. The average Bonchev–Trinajstić information content (AvgIpc) is 2.74. The van der Waals surface area contributed by atoms with E-state index in [9.17, 15) is 9.59 Å². The van der Waals surface area contributed by atoms with Gasteiger partial charge in [0.05, 0.1) is 10.0 Å². The van der Waals surface area contributed by atoms with E-state index in [0.717, 1.165) is 5.56 Å². The fraction of sp³-hybridized carbons (Fsp3) is 0.231. The summed E-state index contributed by atoms with van der Waals surface area (Å²) in [4.78, 5) is 25.2. The minimum Gasteiger partial charge on any atom is -0.326 e. The molecule has 0 saturated carbocycles. The van der Waals surface area contributed by atoms with Crippen LogP contribution in [0.1, 0.15) is 54.2 Å². The third-order valence-electron chi connectivity index (χ3n) is 5.05. The van der Waals surface area contributed by atoms with Gasteiger partial charge in [-0.25, -0.2) is 0 Å². The van der Waals surface area contributed by atoms with E-state index in [4.69, 9.17) is 23.2 Å². The van der Waals surface area contributed by atoms with Crippen LogP contribution >= 0.6 is 23.2 Å². The molecular formula is C26H25Cl2NO2. The van der Waals surface area contributed by atoms with Crippen molar-refractivity contribution in [3.8, 4) is 0 Å². The molecule has 3 aromatic carbocycles. The number of aryl methyl sites for hydroxylation is 1. The van der Waals surface area contributed by atoms with Crippen LogP contribution in [0, 0.1) is 0 Å². The fourth-order valence-corrected chi connectivity index (χ4v) is 3.52. The van der Waals surface area contributed by atoms with Gasteiger partial charge in [-0.15, -0.1) is 0 Å². The Morgan fingerprint density at radius 3 is 2.19 bits per heavy atom. The lowest BCUT2D eigenvalue weighted by Gasteiger charge is -2.19. The van der Waals surface area contributed by atoms with Crippen molar-refractivity contribution in [3.05, 3.63) is 99.0 Å².